The van der Waals surface area contributed by atoms with Gasteiger partial charge in [-0.2, -0.15) is 5.26 Å². The molecule has 0 aromatic heterocycles. The molecule has 0 amide bonds. The van der Waals surface area contributed by atoms with Gasteiger partial charge in [0.1, 0.15) is 11.9 Å². The van der Waals surface area contributed by atoms with E-state index in [2.05, 4.69) is 19.9 Å². The van der Waals surface area contributed by atoms with Crippen LogP contribution in [-0.4, -0.2) is 36.4 Å². The van der Waals surface area contributed by atoms with Crippen molar-refractivity contribution < 1.29 is 14.3 Å². The van der Waals surface area contributed by atoms with Gasteiger partial charge >= 0.3 is 0 Å². The minimum atomic E-state index is -0.928. The summed E-state index contributed by atoms with van der Waals surface area (Å²) in [6.45, 7) is 4.98. The van der Waals surface area contributed by atoms with Crippen molar-refractivity contribution in [2.24, 2.45) is 16.6 Å². The molecule has 1 saturated heterocycles. The molecule has 0 aliphatic carbocycles. The number of hydroxylamine groups is 2. The number of benzene rings is 2. The largest absolute Gasteiger partial charge is 0.489 e. The molecule has 0 bridgehead atoms. The van der Waals surface area contributed by atoms with Gasteiger partial charge in [0.25, 0.3) is 0 Å². The molecule has 3 aliphatic rings. The molecule has 166 valence electrons. The number of hydrogen-bond acceptors (Lipinski definition) is 7. The maximum atomic E-state index is 9.28. The van der Waals surface area contributed by atoms with Crippen LogP contribution in [0.3, 0.4) is 0 Å². The van der Waals surface area contributed by atoms with Gasteiger partial charge in [0.05, 0.1) is 22.8 Å². The summed E-state index contributed by atoms with van der Waals surface area (Å²) in [6, 6.07) is 15.8. The van der Waals surface area contributed by atoms with Crippen LogP contribution < -0.4 is 10.5 Å². The average Bonchev–Trinajstić information content (AvgIpc) is 3.06. The number of nitrogens with two attached hydrogens (primary N) is 1. The van der Waals surface area contributed by atoms with Gasteiger partial charge in [0.15, 0.2) is 0 Å². The van der Waals surface area contributed by atoms with Crippen molar-refractivity contribution in [3.63, 3.8) is 0 Å². The second kappa shape index (κ2) is 7.51. The summed E-state index contributed by atoms with van der Waals surface area (Å²) in [7, 11) is 1.77. The van der Waals surface area contributed by atoms with E-state index in [-0.39, 0.29) is 11.7 Å². The smallest absolute Gasteiger partial charge is 0.221 e. The van der Waals surface area contributed by atoms with Crippen LogP contribution in [0.25, 0.3) is 11.1 Å². The first-order chi connectivity index (χ1) is 15.3. The highest BCUT2D eigenvalue weighted by Crippen LogP contribution is 2.49. The third kappa shape index (κ3) is 3.60. The monoisotopic (exact) mass is 432 g/mol. The van der Waals surface area contributed by atoms with Crippen LogP contribution in [0, 0.1) is 17.2 Å². The molecule has 5 rings (SSSR count). The molecule has 0 saturated carbocycles. The Labute approximate surface area is 188 Å². The number of ether oxygens (including phenoxy) is 2. The van der Waals surface area contributed by atoms with E-state index in [1.54, 1.807) is 13.1 Å². The summed E-state index contributed by atoms with van der Waals surface area (Å²) >= 11 is 0. The van der Waals surface area contributed by atoms with E-state index < -0.39 is 5.72 Å². The van der Waals surface area contributed by atoms with Crippen molar-refractivity contribution in [1.82, 2.24) is 5.06 Å². The molecule has 2 N–H and O–H groups in total. The molecule has 3 aliphatic heterocycles. The van der Waals surface area contributed by atoms with E-state index in [0.29, 0.717) is 23.9 Å². The molecule has 2 aromatic carbocycles. The summed E-state index contributed by atoms with van der Waals surface area (Å²) in [5, 5.41) is 10.8. The van der Waals surface area contributed by atoms with Crippen molar-refractivity contribution >= 4 is 5.96 Å². The molecule has 7 heteroatoms. The number of fused-ring (bicyclic) bond motifs is 2. The van der Waals surface area contributed by atoms with Crippen LogP contribution >= 0.6 is 0 Å². The number of hydrogen-bond donors (Lipinski definition) is 1. The highest BCUT2D eigenvalue weighted by molar-refractivity contribution is 5.79. The van der Waals surface area contributed by atoms with Crippen LogP contribution in [-0.2, 0) is 15.3 Å². The first kappa shape index (κ1) is 20.8. The van der Waals surface area contributed by atoms with Crippen molar-refractivity contribution in [2.75, 3.05) is 13.7 Å². The zero-order valence-corrected chi connectivity index (χ0v) is 18.7. The lowest BCUT2D eigenvalue weighted by atomic mass is 9.79. The van der Waals surface area contributed by atoms with E-state index in [1.807, 2.05) is 36.4 Å². The minimum Gasteiger partial charge on any atom is -0.489 e. The molecular weight excluding hydrogens is 404 g/mol. The molecule has 0 radical (unpaired) electrons. The number of nitriles is 1. The Morgan fingerprint density at radius 2 is 1.97 bits per heavy atom. The molecule has 1 spiro atoms. The Balaban J connectivity index is 1.56. The summed E-state index contributed by atoms with van der Waals surface area (Å²) < 4.78 is 12.5. The first-order valence-electron chi connectivity index (χ1n) is 11.0. The fraction of sp³-hybridized carbons (Fsp3) is 0.440. The predicted molar refractivity (Wildman–Crippen MR) is 121 cm³/mol. The molecule has 1 unspecified atom stereocenters. The lowest BCUT2D eigenvalue weighted by Gasteiger charge is -2.44. The van der Waals surface area contributed by atoms with Gasteiger partial charge in [-0.05, 0) is 62.1 Å². The van der Waals surface area contributed by atoms with Crippen molar-refractivity contribution in [3.05, 3.63) is 53.6 Å². The van der Waals surface area contributed by atoms with Gasteiger partial charge < -0.3 is 15.2 Å². The van der Waals surface area contributed by atoms with Crippen LogP contribution in [0.15, 0.2) is 47.5 Å². The summed E-state index contributed by atoms with van der Waals surface area (Å²) in [5.74, 6) is 1.44. The van der Waals surface area contributed by atoms with E-state index in [1.165, 1.54) is 5.06 Å². The molecule has 32 heavy (non-hydrogen) atoms. The Morgan fingerprint density at radius 3 is 2.69 bits per heavy atom. The highest BCUT2D eigenvalue weighted by Gasteiger charge is 2.51. The van der Waals surface area contributed by atoms with Crippen LogP contribution in [0.1, 0.15) is 44.2 Å². The first-order valence-corrected chi connectivity index (χ1v) is 11.0. The van der Waals surface area contributed by atoms with Gasteiger partial charge in [0, 0.05) is 26.0 Å². The third-order valence-corrected chi connectivity index (χ3v) is 6.65. The molecule has 3 heterocycles. The SMILES string of the molecule is CN1O[C@@]2(CC([C@H]3CCOC(C)(C)C3)Oc3ccc(-c4cccc(C#N)c4)cc32)N=C1N. The minimum absolute atomic E-state index is 0.0542. The average molecular weight is 433 g/mol. The Kier molecular flexibility index (Phi) is 4.88. The fourth-order valence-corrected chi connectivity index (χ4v) is 5.07. The molecule has 1 fully saturated rings. The fourth-order valence-electron chi connectivity index (χ4n) is 5.07. The van der Waals surface area contributed by atoms with Gasteiger partial charge in [-0.15, -0.1) is 0 Å². The maximum Gasteiger partial charge on any atom is 0.221 e. The van der Waals surface area contributed by atoms with Crippen LogP contribution in [0.4, 0.5) is 0 Å². The zero-order chi connectivity index (χ0) is 22.5. The Morgan fingerprint density at radius 1 is 1.16 bits per heavy atom. The molecule has 7 nitrogen and oxygen atoms in total. The van der Waals surface area contributed by atoms with E-state index in [9.17, 15) is 5.26 Å². The van der Waals surface area contributed by atoms with Crippen molar-refractivity contribution in [1.29, 1.82) is 5.26 Å². The number of rotatable bonds is 2. The topological polar surface area (TPSA) is 93.1 Å². The lowest BCUT2D eigenvalue weighted by Crippen LogP contribution is -2.46. The van der Waals surface area contributed by atoms with Gasteiger partial charge in [-0.1, -0.05) is 18.2 Å². The molecular formula is C25H28N4O3. The highest BCUT2D eigenvalue weighted by atomic mass is 16.7. The normalized spacial score (nSPS) is 28.6. The summed E-state index contributed by atoms with van der Waals surface area (Å²) in [6.07, 6.45) is 2.37. The number of aliphatic imine (C=N–C) groups is 1. The maximum absolute atomic E-state index is 9.28. The van der Waals surface area contributed by atoms with E-state index in [0.717, 1.165) is 41.9 Å². The second-order valence-corrected chi connectivity index (χ2v) is 9.47. The summed E-state index contributed by atoms with van der Waals surface area (Å²) in [5.41, 5.74) is 8.45. The van der Waals surface area contributed by atoms with Crippen molar-refractivity contribution in [3.8, 4) is 22.9 Å². The number of nitrogens with zero attached hydrogens (tertiary/aromatic N) is 3. The quantitative estimate of drug-likeness (QED) is 0.773. The van der Waals surface area contributed by atoms with Crippen molar-refractivity contribution in [2.45, 2.75) is 50.5 Å². The van der Waals surface area contributed by atoms with Crippen LogP contribution in [0.5, 0.6) is 5.75 Å². The van der Waals surface area contributed by atoms with E-state index in [4.69, 9.17) is 25.0 Å². The standard InChI is InChI=1S/C25H28N4O3/c1-24(2)13-19(9-10-30-24)22-14-25(28-23(27)29(3)32-25)20-12-18(7-8-21(20)31-22)17-6-4-5-16(11-17)15-26/h4-8,11-12,19,22H,9-10,13-14H2,1-3H3,(H2,27,28)/t19-,22?,25+/m0/s1. The third-order valence-electron chi connectivity index (χ3n) is 6.65. The van der Waals surface area contributed by atoms with Crippen LogP contribution in [0.2, 0.25) is 0 Å². The summed E-state index contributed by atoms with van der Waals surface area (Å²) in [4.78, 5) is 11.1. The van der Waals surface area contributed by atoms with Gasteiger partial charge in [-0.3, -0.25) is 0 Å². The Hall–Kier alpha value is -3.08. The zero-order valence-electron chi connectivity index (χ0n) is 18.7. The lowest BCUT2D eigenvalue weighted by molar-refractivity contribution is -0.198. The Bertz CT molecular complexity index is 1120. The molecule has 3 atom stereocenters. The number of guanidine groups is 1. The van der Waals surface area contributed by atoms with E-state index >= 15 is 0 Å². The molecule has 2 aromatic rings. The predicted octanol–water partition coefficient (Wildman–Crippen LogP) is 3.93. The van der Waals surface area contributed by atoms with Gasteiger partial charge in [-0.25, -0.2) is 14.9 Å². The second-order valence-electron chi connectivity index (χ2n) is 9.47. The van der Waals surface area contributed by atoms with Gasteiger partial charge in [0.2, 0.25) is 11.7 Å².